The zero-order chi connectivity index (χ0) is 18.4. The largest absolute Gasteiger partial charge is 0.367 e. The van der Waals surface area contributed by atoms with Crippen LogP contribution in [0.15, 0.2) is 67.3 Å². The predicted octanol–water partition coefficient (Wildman–Crippen LogP) is 5.44. The summed E-state index contributed by atoms with van der Waals surface area (Å²) in [5, 5.41) is 5.66. The first-order valence-corrected chi connectivity index (χ1v) is 9.01. The van der Waals surface area contributed by atoms with Gasteiger partial charge in [0.15, 0.2) is 0 Å². The van der Waals surface area contributed by atoms with Gasteiger partial charge in [0.05, 0.1) is 18.8 Å². The molecule has 0 aliphatic carbocycles. The van der Waals surface area contributed by atoms with Gasteiger partial charge in [-0.15, -0.1) is 0 Å². The van der Waals surface area contributed by atoms with Crippen LogP contribution in [0.4, 0.5) is 0 Å². The topological polar surface area (TPSA) is 39.9 Å². The molecule has 3 rings (SSSR count). The Kier molecular flexibility index (Phi) is 6.45. The molecule has 0 aliphatic rings. The van der Waals surface area contributed by atoms with Gasteiger partial charge in [0, 0.05) is 10.0 Å². The van der Waals surface area contributed by atoms with E-state index in [1.54, 1.807) is 11.0 Å². The van der Waals surface area contributed by atoms with Gasteiger partial charge in [-0.1, -0.05) is 59.6 Å². The van der Waals surface area contributed by atoms with Gasteiger partial charge in [-0.05, 0) is 42.3 Å². The molecule has 0 radical (unpaired) electrons. The Bertz CT molecular complexity index is 831. The van der Waals surface area contributed by atoms with Gasteiger partial charge in [-0.25, -0.2) is 9.67 Å². The Morgan fingerprint density at radius 1 is 1.04 bits per heavy atom. The predicted molar refractivity (Wildman–Crippen MR) is 105 cm³/mol. The molecular weight excluding hydrogens is 369 g/mol. The fourth-order valence-corrected chi connectivity index (χ4v) is 2.74. The molecule has 0 aliphatic heterocycles. The van der Waals surface area contributed by atoms with E-state index < -0.39 is 0 Å². The molecule has 3 aromatic rings. The second-order valence-electron chi connectivity index (χ2n) is 5.93. The molecule has 0 fully saturated rings. The Hall–Kier alpha value is -2.14. The zero-order valence-electron chi connectivity index (χ0n) is 14.3. The maximum Gasteiger partial charge on any atom is 0.137 e. The lowest BCUT2D eigenvalue weighted by molar-refractivity contribution is 0.0385. The van der Waals surface area contributed by atoms with Crippen molar-refractivity contribution in [3.8, 4) is 0 Å². The van der Waals surface area contributed by atoms with Gasteiger partial charge in [-0.3, -0.25) is 0 Å². The Balaban J connectivity index is 1.74. The third kappa shape index (κ3) is 5.18. The van der Waals surface area contributed by atoms with Gasteiger partial charge in [0.1, 0.15) is 12.7 Å². The van der Waals surface area contributed by atoms with Crippen molar-refractivity contribution in [1.29, 1.82) is 0 Å². The molecule has 2 unspecified atom stereocenters. The van der Waals surface area contributed by atoms with E-state index in [-0.39, 0.29) is 12.1 Å². The van der Waals surface area contributed by atoms with Crippen LogP contribution in [0, 0.1) is 0 Å². The van der Waals surface area contributed by atoms with Crippen molar-refractivity contribution >= 4 is 29.3 Å². The first kappa shape index (κ1) is 18.6. The van der Waals surface area contributed by atoms with Crippen molar-refractivity contribution in [2.24, 2.45) is 0 Å². The number of aromatic nitrogens is 3. The number of hydrogen-bond acceptors (Lipinski definition) is 3. The van der Waals surface area contributed by atoms with Crippen LogP contribution in [0.1, 0.15) is 24.1 Å². The molecule has 0 saturated carbocycles. The van der Waals surface area contributed by atoms with Crippen LogP contribution in [-0.4, -0.2) is 20.9 Å². The average molecular weight is 388 g/mol. The Morgan fingerprint density at radius 2 is 1.69 bits per heavy atom. The lowest BCUT2D eigenvalue weighted by Crippen LogP contribution is -2.23. The van der Waals surface area contributed by atoms with E-state index >= 15 is 0 Å². The molecule has 0 spiro atoms. The van der Waals surface area contributed by atoms with Crippen molar-refractivity contribution in [3.63, 3.8) is 0 Å². The van der Waals surface area contributed by atoms with Crippen LogP contribution in [0.5, 0.6) is 0 Å². The summed E-state index contributed by atoms with van der Waals surface area (Å²) in [6.45, 7) is 2.53. The molecule has 0 amide bonds. The fraction of sp³-hybridized carbons (Fsp3) is 0.200. The molecule has 1 heterocycles. The van der Waals surface area contributed by atoms with Crippen molar-refractivity contribution in [1.82, 2.24) is 14.8 Å². The van der Waals surface area contributed by atoms with Crippen LogP contribution in [0.2, 0.25) is 10.0 Å². The highest BCUT2D eigenvalue weighted by Crippen LogP contribution is 2.19. The van der Waals surface area contributed by atoms with Crippen molar-refractivity contribution in [2.45, 2.75) is 25.7 Å². The molecule has 2 atom stereocenters. The van der Waals surface area contributed by atoms with Crippen LogP contribution >= 0.6 is 23.2 Å². The average Bonchev–Trinajstić information content (AvgIpc) is 3.19. The zero-order valence-corrected chi connectivity index (χ0v) is 15.8. The SMILES string of the molecule is CC(C(C=Cc1ccc(Cl)cc1)OCc1ccc(Cl)cc1)n1cncn1. The van der Waals surface area contributed by atoms with Crippen LogP contribution in [0.3, 0.4) is 0 Å². The second-order valence-corrected chi connectivity index (χ2v) is 6.80. The molecule has 2 aromatic carbocycles. The van der Waals surface area contributed by atoms with Gasteiger partial charge < -0.3 is 4.74 Å². The normalized spacial score (nSPS) is 13.8. The van der Waals surface area contributed by atoms with Gasteiger partial charge in [-0.2, -0.15) is 5.10 Å². The molecule has 6 heteroatoms. The smallest absolute Gasteiger partial charge is 0.137 e. The summed E-state index contributed by atoms with van der Waals surface area (Å²) in [7, 11) is 0. The van der Waals surface area contributed by atoms with Crippen molar-refractivity contribution in [2.75, 3.05) is 0 Å². The summed E-state index contributed by atoms with van der Waals surface area (Å²) in [6, 6.07) is 15.3. The number of nitrogens with zero attached hydrogens (tertiary/aromatic N) is 3. The molecular formula is C20H19Cl2N3O. The number of ether oxygens (including phenoxy) is 1. The minimum absolute atomic E-state index is 0.00616. The summed E-state index contributed by atoms with van der Waals surface area (Å²) in [6.07, 6.45) is 7.10. The summed E-state index contributed by atoms with van der Waals surface area (Å²) in [4.78, 5) is 4.02. The molecule has 1 aromatic heterocycles. The van der Waals surface area contributed by atoms with E-state index in [4.69, 9.17) is 27.9 Å². The minimum Gasteiger partial charge on any atom is -0.367 e. The van der Waals surface area contributed by atoms with Gasteiger partial charge in [0.25, 0.3) is 0 Å². The van der Waals surface area contributed by atoms with Crippen molar-refractivity contribution < 1.29 is 4.74 Å². The van der Waals surface area contributed by atoms with E-state index in [1.807, 2.05) is 67.6 Å². The minimum atomic E-state index is -0.178. The van der Waals surface area contributed by atoms with Gasteiger partial charge >= 0.3 is 0 Å². The highest BCUT2D eigenvalue weighted by Gasteiger charge is 2.17. The first-order chi connectivity index (χ1) is 12.6. The fourth-order valence-electron chi connectivity index (χ4n) is 2.49. The highest BCUT2D eigenvalue weighted by atomic mass is 35.5. The molecule has 0 saturated heterocycles. The lowest BCUT2D eigenvalue weighted by Gasteiger charge is -2.21. The molecule has 0 N–H and O–H groups in total. The quantitative estimate of drug-likeness (QED) is 0.541. The molecule has 0 bridgehead atoms. The van der Waals surface area contributed by atoms with Crippen molar-refractivity contribution in [3.05, 3.63) is 88.4 Å². The third-order valence-corrected chi connectivity index (χ3v) is 4.54. The Morgan fingerprint density at radius 3 is 2.31 bits per heavy atom. The second kappa shape index (κ2) is 8.99. The summed E-state index contributed by atoms with van der Waals surface area (Å²) in [5.74, 6) is 0. The lowest BCUT2D eigenvalue weighted by atomic mass is 10.1. The van der Waals surface area contributed by atoms with E-state index in [0.717, 1.165) is 11.1 Å². The monoisotopic (exact) mass is 387 g/mol. The number of benzene rings is 2. The molecule has 134 valence electrons. The summed E-state index contributed by atoms with van der Waals surface area (Å²) in [5.41, 5.74) is 2.12. The number of hydrogen-bond donors (Lipinski definition) is 0. The van der Waals surface area contributed by atoms with E-state index in [1.165, 1.54) is 6.33 Å². The summed E-state index contributed by atoms with van der Waals surface area (Å²) < 4.78 is 7.94. The molecule has 26 heavy (non-hydrogen) atoms. The van der Waals surface area contributed by atoms with E-state index in [0.29, 0.717) is 16.7 Å². The maximum absolute atomic E-state index is 6.15. The maximum atomic E-state index is 6.15. The summed E-state index contributed by atoms with van der Waals surface area (Å²) >= 11 is 11.9. The van der Waals surface area contributed by atoms with Crippen LogP contribution in [-0.2, 0) is 11.3 Å². The first-order valence-electron chi connectivity index (χ1n) is 8.26. The Labute approximate surface area is 163 Å². The number of rotatable bonds is 7. The number of halogens is 2. The van der Waals surface area contributed by atoms with Gasteiger partial charge in [0.2, 0.25) is 0 Å². The molecule has 4 nitrogen and oxygen atoms in total. The standard InChI is InChI=1S/C20H19Cl2N3O/c1-15(25-14-23-13-24-25)20(11-6-16-2-7-18(21)8-3-16)26-12-17-4-9-19(22)10-5-17/h2-11,13-15,20H,12H2,1H3. The third-order valence-electron chi connectivity index (χ3n) is 4.03. The highest BCUT2D eigenvalue weighted by molar-refractivity contribution is 6.30. The van der Waals surface area contributed by atoms with Crippen LogP contribution in [0.25, 0.3) is 6.08 Å². The van der Waals surface area contributed by atoms with E-state index in [9.17, 15) is 0 Å². The van der Waals surface area contributed by atoms with Crippen LogP contribution < -0.4 is 0 Å². The van der Waals surface area contributed by atoms with E-state index in [2.05, 4.69) is 10.1 Å².